The van der Waals surface area contributed by atoms with Crippen LogP contribution in [0, 0.1) is 5.41 Å². The van der Waals surface area contributed by atoms with E-state index in [9.17, 15) is 4.79 Å². The molecule has 1 saturated heterocycles. The molecule has 0 radical (unpaired) electrons. The number of anilines is 1. The summed E-state index contributed by atoms with van der Waals surface area (Å²) in [6.07, 6.45) is 4.00. The lowest BCUT2D eigenvalue weighted by Gasteiger charge is -2.45. The number of carbonyl (C=O) groups is 1. The Hall–Kier alpha value is -2.61. The fourth-order valence-electron chi connectivity index (χ4n) is 3.69. The van der Waals surface area contributed by atoms with Crippen molar-refractivity contribution in [3.05, 3.63) is 41.6 Å². The maximum atomic E-state index is 12.4. The van der Waals surface area contributed by atoms with Crippen LogP contribution in [0.3, 0.4) is 0 Å². The van der Waals surface area contributed by atoms with E-state index in [-0.39, 0.29) is 17.4 Å². The Morgan fingerprint density at radius 1 is 1.35 bits per heavy atom. The van der Waals surface area contributed by atoms with Gasteiger partial charge in [-0.15, -0.1) is 5.10 Å². The summed E-state index contributed by atoms with van der Waals surface area (Å²) >= 11 is 0. The second-order valence-electron chi connectivity index (χ2n) is 7.45. The van der Waals surface area contributed by atoms with E-state index in [2.05, 4.69) is 44.2 Å². The van der Waals surface area contributed by atoms with Gasteiger partial charge in [-0.3, -0.25) is 4.79 Å². The third-order valence-corrected chi connectivity index (χ3v) is 5.14. The molecular weight excluding hydrogens is 332 g/mol. The predicted molar refractivity (Wildman–Crippen MR) is 94.4 cm³/mol. The van der Waals surface area contributed by atoms with Gasteiger partial charge >= 0.3 is 0 Å². The number of amides is 1. The van der Waals surface area contributed by atoms with Gasteiger partial charge in [0.1, 0.15) is 12.1 Å². The number of aromatic nitrogens is 4. The van der Waals surface area contributed by atoms with Gasteiger partial charge in [-0.1, -0.05) is 13.8 Å². The lowest BCUT2D eigenvalue weighted by atomic mass is 9.79. The summed E-state index contributed by atoms with van der Waals surface area (Å²) in [5.74, 6) is 0.778. The molecule has 1 amide bonds. The van der Waals surface area contributed by atoms with Crippen molar-refractivity contribution in [1.82, 2.24) is 25.5 Å². The van der Waals surface area contributed by atoms with Crippen molar-refractivity contribution in [1.29, 1.82) is 0 Å². The van der Waals surface area contributed by atoms with Crippen LogP contribution < -0.4 is 10.2 Å². The van der Waals surface area contributed by atoms with Crippen LogP contribution in [0.5, 0.6) is 0 Å². The maximum absolute atomic E-state index is 12.4. The van der Waals surface area contributed by atoms with Crippen molar-refractivity contribution in [3.63, 3.8) is 0 Å². The molecule has 2 aliphatic heterocycles. The quantitative estimate of drug-likeness (QED) is 0.889. The minimum Gasteiger partial charge on any atom is -0.370 e. The number of hydrogen-bond acceptors (Lipinski definition) is 7. The van der Waals surface area contributed by atoms with Crippen molar-refractivity contribution in [2.24, 2.45) is 5.41 Å². The number of hydrogen-bond donors (Lipinski definition) is 1. The van der Waals surface area contributed by atoms with Gasteiger partial charge in [0, 0.05) is 36.3 Å². The summed E-state index contributed by atoms with van der Waals surface area (Å²) in [7, 11) is 0. The number of fused-ring (bicyclic) bond motifs is 1. The highest BCUT2D eigenvalue weighted by Crippen LogP contribution is 2.34. The first kappa shape index (κ1) is 16.8. The van der Waals surface area contributed by atoms with E-state index < -0.39 is 0 Å². The topological polar surface area (TPSA) is 93.1 Å². The van der Waals surface area contributed by atoms with Gasteiger partial charge in [0.05, 0.1) is 18.9 Å². The molecule has 1 fully saturated rings. The average Bonchev–Trinajstić information content (AvgIpc) is 3.12. The van der Waals surface area contributed by atoms with Crippen molar-refractivity contribution in [2.75, 3.05) is 18.0 Å². The van der Waals surface area contributed by atoms with E-state index in [4.69, 9.17) is 4.74 Å². The van der Waals surface area contributed by atoms with E-state index in [1.165, 1.54) is 0 Å². The lowest BCUT2D eigenvalue weighted by molar-refractivity contribution is 0.0873. The highest BCUT2D eigenvalue weighted by Gasteiger charge is 2.38. The molecule has 1 unspecified atom stereocenters. The number of carbonyl (C=O) groups excluding carboxylic acids is 1. The molecule has 0 aromatic carbocycles. The van der Waals surface area contributed by atoms with Crippen LogP contribution in [0.15, 0.2) is 24.7 Å². The SMILES string of the molecule is CC1(C)CN(c2ncnc3c2COC3)CCC1NC(=O)c1cccnn1. The molecule has 0 bridgehead atoms. The first-order valence-corrected chi connectivity index (χ1v) is 8.78. The maximum Gasteiger partial charge on any atom is 0.272 e. The second-order valence-corrected chi connectivity index (χ2v) is 7.45. The number of ether oxygens (including phenoxy) is 1. The molecule has 136 valence electrons. The van der Waals surface area contributed by atoms with E-state index >= 15 is 0 Å². The van der Waals surface area contributed by atoms with Gasteiger partial charge in [-0.05, 0) is 18.6 Å². The standard InChI is InChI=1S/C18H22N6O2/c1-18(2)10-24(16-12-8-26-9-14(12)19-11-20-16)7-5-15(18)22-17(25)13-4-3-6-21-23-13/h3-4,6,11,15H,5,7-10H2,1-2H3,(H,22,25). The minimum atomic E-state index is -0.180. The Labute approximate surface area is 152 Å². The number of nitrogens with one attached hydrogen (secondary N) is 1. The lowest BCUT2D eigenvalue weighted by Crippen LogP contribution is -2.56. The third kappa shape index (κ3) is 3.12. The van der Waals surface area contributed by atoms with Crippen LogP contribution in [0.4, 0.5) is 5.82 Å². The summed E-state index contributed by atoms with van der Waals surface area (Å²) in [5.41, 5.74) is 2.29. The fourth-order valence-corrected chi connectivity index (χ4v) is 3.69. The molecule has 0 aliphatic carbocycles. The molecule has 2 aromatic heterocycles. The van der Waals surface area contributed by atoms with Crippen molar-refractivity contribution in [2.45, 2.75) is 39.5 Å². The molecule has 0 spiro atoms. The summed E-state index contributed by atoms with van der Waals surface area (Å²) < 4.78 is 5.52. The first-order valence-electron chi connectivity index (χ1n) is 8.78. The second kappa shape index (κ2) is 6.60. The number of rotatable bonds is 3. The van der Waals surface area contributed by atoms with Crippen LogP contribution in [0.1, 0.15) is 42.0 Å². The third-order valence-electron chi connectivity index (χ3n) is 5.14. The first-order chi connectivity index (χ1) is 12.5. The molecule has 1 atom stereocenters. The molecule has 8 nitrogen and oxygen atoms in total. The number of piperidine rings is 1. The zero-order chi connectivity index (χ0) is 18.1. The van der Waals surface area contributed by atoms with E-state index in [0.717, 1.165) is 36.6 Å². The fraction of sp³-hybridized carbons (Fsp3) is 0.500. The summed E-state index contributed by atoms with van der Waals surface area (Å²) in [6, 6.07) is 3.45. The molecule has 0 saturated carbocycles. The van der Waals surface area contributed by atoms with Gasteiger partial charge in [-0.25, -0.2) is 9.97 Å². The van der Waals surface area contributed by atoms with Gasteiger partial charge in [0.25, 0.3) is 5.91 Å². The van der Waals surface area contributed by atoms with E-state index in [1.807, 2.05) is 0 Å². The molecule has 1 N–H and O–H groups in total. The largest absolute Gasteiger partial charge is 0.370 e. The van der Waals surface area contributed by atoms with Crippen molar-refractivity contribution in [3.8, 4) is 0 Å². The van der Waals surface area contributed by atoms with Crippen LogP contribution in [0.25, 0.3) is 0 Å². The minimum absolute atomic E-state index is 0.0550. The normalized spacial score (nSPS) is 21.3. The van der Waals surface area contributed by atoms with Crippen LogP contribution >= 0.6 is 0 Å². The molecule has 4 rings (SSSR count). The van der Waals surface area contributed by atoms with Crippen LogP contribution in [0.2, 0.25) is 0 Å². The van der Waals surface area contributed by atoms with E-state index in [1.54, 1.807) is 24.7 Å². The highest BCUT2D eigenvalue weighted by atomic mass is 16.5. The number of nitrogens with zero attached hydrogens (tertiary/aromatic N) is 5. The monoisotopic (exact) mass is 354 g/mol. The van der Waals surface area contributed by atoms with Gasteiger partial charge in [0.15, 0.2) is 5.69 Å². The van der Waals surface area contributed by atoms with Crippen molar-refractivity contribution < 1.29 is 9.53 Å². The highest BCUT2D eigenvalue weighted by molar-refractivity contribution is 5.92. The summed E-state index contributed by atoms with van der Waals surface area (Å²) in [5, 5.41) is 10.8. The molecule has 2 aliphatic rings. The van der Waals surface area contributed by atoms with Crippen LogP contribution in [-0.2, 0) is 18.0 Å². The van der Waals surface area contributed by atoms with Gasteiger partial charge in [-0.2, -0.15) is 5.10 Å². The Morgan fingerprint density at radius 3 is 3.00 bits per heavy atom. The van der Waals surface area contributed by atoms with Crippen molar-refractivity contribution >= 4 is 11.7 Å². The Balaban J connectivity index is 1.48. The zero-order valence-electron chi connectivity index (χ0n) is 15.0. The Kier molecular flexibility index (Phi) is 4.28. The average molecular weight is 354 g/mol. The Morgan fingerprint density at radius 2 is 2.23 bits per heavy atom. The Bertz CT molecular complexity index is 811. The molecule has 2 aromatic rings. The predicted octanol–water partition coefficient (Wildman–Crippen LogP) is 1.33. The smallest absolute Gasteiger partial charge is 0.272 e. The van der Waals surface area contributed by atoms with E-state index in [0.29, 0.717) is 18.9 Å². The van der Waals surface area contributed by atoms with Gasteiger partial charge < -0.3 is 15.0 Å². The van der Waals surface area contributed by atoms with Crippen LogP contribution in [-0.4, -0.2) is 45.2 Å². The summed E-state index contributed by atoms with van der Waals surface area (Å²) in [6.45, 7) is 7.06. The molecule has 8 heteroatoms. The molecule has 4 heterocycles. The molecular formula is C18H22N6O2. The zero-order valence-corrected chi connectivity index (χ0v) is 15.0. The summed E-state index contributed by atoms with van der Waals surface area (Å²) in [4.78, 5) is 23.5. The van der Waals surface area contributed by atoms with Gasteiger partial charge in [0.2, 0.25) is 0 Å². The molecule has 26 heavy (non-hydrogen) atoms.